The molecule has 0 N–H and O–H groups in total. The van der Waals surface area contributed by atoms with Crippen LogP contribution < -0.4 is 0 Å². The molecule has 2 atom stereocenters. The van der Waals surface area contributed by atoms with Crippen molar-refractivity contribution in [2.45, 2.75) is 155 Å². The minimum absolute atomic E-state index is 0.904. The minimum atomic E-state index is 0.904. The molecule has 0 aromatic carbocycles. The Bertz CT molecular complexity index is 371. The maximum absolute atomic E-state index is 3.92. The lowest BCUT2D eigenvalue weighted by atomic mass is 9.93. The van der Waals surface area contributed by atoms with Gasteiger partial charge >= 0.3 is 0 Å². The van der Waals surface area contributed by atoms with Crippen LogP contribution in [0.4, 0.5) is 0 Å². The highest BCUT2D eigenvalue weighted by atomic mass is 14.1. The normalized spacial score (nSPS) is 13.1. The molecule has 30 heavy (non-hydrogen) atoms. The van der Waals surface area contributed by atoms with Crippen LogP contribution in [-0.2, 0) is 0 Å². The highest BCUT2D eigenvalue weighted by molar-refractivity contribution is 4.98. The van der Waals surface area contributed by atoms with E-state index >= 15 is 0 Å². The van der Waals surface area contributed by atoms with Gasteiger partial charge in [0.1, 0.15) is 0 Å². The Kier molecular flexibility index (Phi) is 24.5. The molecule has 0 nitrogen and oxygen atoms in total. The Morgan fingerprint density at radius 3 is 1.20 bits per heavy atom. The van der Waals surface area contributed by atoms with E-state index in [1.165, 1.54) is 116 Å². The van der Waals surface area contributed by atoms with Crippen LogP contribution in [0.15, 0.2) is 0 Å². The van der Waals surface area contributed by atoms with Crippen LogP contribution in [0.2, 0.25) is 0 Å². The van der Waals surface area contributed by atoms with Gasteiger partial charge in [-0.1, -0.05) is 143 Å². The lowest BCUT2D eigenvalue weighted by Gasteiger charge is -2.13. The molecule has 0 saturated carbocycles. The van der Waals surface area contributed by atoms with Crippen molar-refractivity contribution in [3.8, 4) is 11.8 Å². The van der Waals surface area contributed by atoms with Gasteiger partial charge in [-0.25, -0.2) is 0 Å². The Morgan fingerprint density at radius 2 is 0.733 bits per heavy atom. The van der Waals surface area contributed by atoms with Crippen molar-refractivity contribution in [1.82, 2.24) is 0 Å². The van der Waals surface area contributed by atoms with Gasteiger partial charge in [-0.3, -0.25) is 0 Å². The number of rotatable bonds is 22. The van der Waals surface area contributed by atoms with Crippen molar-refractivity contribution in [2.75, 3.05) is 0 Å². The van der Waals surface area contributed by atoms with Crippen LogP contribution in [0.3, 0.4) is 0 Å². The van der Waals surface area contributed by atoms with Crippen molar-refractivity contribution >= 4 is 0 Å². The van der Waals surface area contributed by atoms with E-state index in [1.807, 2.05) is 0 Å². The van der Waals surface area contributed by atoms with Gasteiger partial charge in [0.15, 0.2) is 0 Å². The molecule has 0 fully saturated rings. The zero-order chi connectivity index (χ0) is 22.1. The molecule has 0 aliphatic carbocycles. The van der Waals surface area contributed by atoms with E-state index in [0.29, 0.717) is 0 Å². The van der Waals surface area contributed by atoms with E-state index in [0.717, 1.165) is 37.5 Å². The summed E-state index contributed by atoms with van der Waals surface area (Å²) >= 11 is 0. The van der Waals surface area contributed by atoms with Crippen LogP contribution in [0.25, 0.3) is 0 Å². The van der Waals surface area contributed by atoms with Gasteiger partial charge in [-0.15, -0.1) is 11.8 Å². The molecule has 0 aliphatic heterocycles. The summed E-state index contributed by atoms with van der Waals surface area (Å²) in [6.07, 6.45) is 29.4. The van der Waals surface area contributed by atoms with Gasteiger partial charge in [0.05, 0.1) is 0 Å². The van der Waals surface area contributed by atoms with Crippen LogP contribution >= 0.6 is 0 Å². The monoisotopic (exact) mass is 416 g/mol. The first-order chi connectivity index (χ1) is 14.7. The van der Waals surface area contributed by atoms with E-state index in [1.54, 1.807) is 0 Å². The Balaban J connectivity index is 3.34. The standard InChI is InChI=1S/C30H56/c1-5-7-9-11-13-15-17-19-22-26-30(4)28-24-20-23-27-29(3)25-21-18-16-14-12-10-8-6-2/h29-30H,1-2,5-12,14,16-28H2,3-4H3. The molecule has 2 unspecified atom stereocenters. The SMILES string of the molecule is [CH2]CCCCC#CCCCCC(C)CCCCCC(C)CCCCCCCCC[CH2]. The zero-order valence-corrected chi connectivity index (χ0v) is 21.1. The largest absolute Gasteiger partial charge is 0.103 e. The first kappa shape index (κ1) is 29.6. The van der Waals surface area contributed by atoms with Crippen LogP contribution in [-0.4, -0.2) is 0 Å². The maximum atomic E-state index is 3.92. The lowest BCUT2D eigenvalue weighted by molar-refractivity contribution is 0.410. The van der Waals surface area contributed by atoms with E-state index in [9.17, 15) is 0 Å². The summed E-state index contributed by atoms with van der Waals surface area (Å²) in [5.74, 6) is 8.50. The summed E-state index contributed by atoms with van der Waals surface area (Å²) in [6, 6.07) is 0. The predicted octanol–water partition coefficient (Wildman–Crippen LogP) is 10.5. The average molecular weight is 417 g/mol. The van der Waals surface area contributed by atoms with Crippen molar-refractivity contribution in [3.63, 3.8) is 0 Å². The number of unbranched alkanes of at least 4 members (excludes halogenated alkanes) is 14. The molecule has 0 rings (SSSR count). The van der Waals surface area contributed by atoms with Gasteiger partial charge < -0.3 is 0 Å². The molecular weight excluding hydrogens is 360 g/mol. The maximum Gasteiger partial charge on any atom is 0.00886 e. The quantitative estimate of drug-likeness (QED) is 0.122. The third kappa shape index (κ3) is 23.8. The van der Waals surface area contributed by atoms with E-state index in [2.05, 4.69) is 39.5 Å². The zero-order valence-electron chi connectivity index (χ0n) is 21.1. The molecule has 0 aromatic heterocycles. The van der Waals surface area contributed by atoms with Crippen LogP contribution in [0, 0.1) is 37.5 Å². The van der Waals surface area contributed by atoms with E-state index in [-0.39, 0.29) is 0 Å². The lowest BCUT2D eigenvalue weighted by Crippen LogP contribution is -1.97. The molecule has 0 heteroatoms. The van der Waals surface area contributed by atoms with Gasteiger partial charge in [0.25, 0.3) is 0 Å². The predicted molar refractivity (Wildman–Crippen MR) is 138 cm³/mol. The van der Waals surface area contributed by atoms with Crippen LogP contribution in [0.1, 0.15) is 155 Å². The number of hydrogen-bond acceptors (Lipinski definition) is 0. The first-order valence-corrected chi connectivity index (χ1v) is 13.7. The van der Waals surface area contributed by atoms with Gasteiger partial charge in [-0.05, 0) is 24.7 Å². The summed E-state index contributed by atoms with van der Waals surface area (Å²) in [5, 5.41) is 0. The molecule has 0 heterocycles. The van der Waals surface area contributed by atoms with Crippen molar-refractivity contribution < 1.29 is 0 Å². The van der Waals surface area contributed by atoms with Gasteiger partial charge in [0.2, 0.25) is 0 Å². The second kappa shape index (κ2) is 24.8. The molecule has 0 amide bonds. The van der Waals surface area contributed by atoms with Crippen molar-refractivity contribution in [1.29, 1.82) is 0 Å². The van der Waals surface area contributed by atoms with E-state index < -0.39 is 0 Å². The molecule has 176 valence electrons. The number of hydrogen-bond donors (Lipinski definition) is 0. The Hall–Kier alpha value is -0.440. The minimum Gasteiger partial charge on any atom is -0.103 e. The van der Waals surface area contributed by atoms with Crippen molar-refractivity contribution in [3.05, 3.63) is 13.8 Å². The van der Waals surface area contributed by atoms with Crippen LogP contribution in [0.5, 0.6) is 0 Å². The molecule has 0 aliphatic rings. The van der Waals surface area contributed by atoms with Gasteiger partial charge in [0, 0.05) is 12.8 Å². The third-order valence-electron chi connectivity index (χ3n) is 6.52. The molecule has 0 saturated heterocycles. The third-order valence-corrected chi connectivity index (χ3v) is 6.52. The first-order valence-electron chi connectivity index (χ1n) is 13.7. The Labute approximate surface area is 192 Å². The highest BCUT2D eigenvalue weighted by Gasteiger charge is 2.04. The summed E-state index contributed by atoms with van der Waals surface area (Å²) in [6.45, 7) is 12.7. The fraction of sp³-hybridized carbons (Fsp3) is 0.867. The molecule has 0 bridgehead atoms. The summed E-state index contributed by atoms with van der Waals surface area (Å²) in [7, 11) is 0. The summed E-state index contributed by atoms with van der Waals surface area (Å²) in [4.78, 5) is 0. The fourth-order valence-electron chi connectivity index (χ4n) is 4.28. The Morgan fingerprint density at radius 1 is 0.433 bits per heavy atom. The second-order valence-electron chi connectivity index (χ2n) is 9.88. The fourth-order valence-corrected chi connectivity index (χ4v) is 4.28. The molecular formula is C30H56. The average Bonchev–Trinajstić information content (AvgIpc) is 2.74. The van der Waals surface area contributed by atoms with E-state index in [4.69, 9.17) is 0 Å². The topological polar surface area (TPSA) is 0 Å². The molecule has 0 aromatic rings. The second-order valence-corrected chi connectivity index (χ2v) is 9.88. The van der Waals surface area contributed by atoms with Crippen molar-refractivity contribution in [2.24, 2.45) is 11.8 Å². The smallest absolute Gasteiger partial charge is 0.00886 e. The summed E-state index contributed by atoms with van der Waals surface area (Å²) < 4.78 is 0. The summed E-state index contributed by atoms with van der Waals surface area (Å²) in [5.41, 5.74) is 0. The van der Waals surface area contributed by atoms with Gasteiger partial charge in [-0.2, -0.15) is 0 Å². The molecule has 2 radical (unpaired) electrons. The highest BCUT2D eigenvalue weighted by Crippen LogP contribution is 2.20. The molecule has 0 spiro atoms.